The molecular formula is C13H12F2N2. The van der Waals surface area contributed by atoms with Gasteiger partial charge >= 0.3 is 0 Å². The molecular weight excluding hydrogens is 222 g/mol. The molecule has 0 aromatic heterocycles. The predicted molar refractivity (Wildman–Crippen MR) is 64.5 cm³/mol. The van der Waals surface area contributed by atoms with E-state index in [4.69, 9.17) is 5.73 Å². The summed E-state index contributed by atoms with van der Waals surface area (Å²) in [6, 6.07) is 10.6. The highest BCUT2D eigenvalue weighted by Gasteiger charge is 2.05. The van der Waals surface area contributed by atoms with Gasteiger partial charge in [0.1, 0.15) is 11.6 Å². The second-order valence-corrected chi connectivity index (χ2v) is 3.69. The maximum atomic E-state index is 13.4. The summed E-state index contributed by atoms with van der Waals surface area (Å²) in [5.41, 5.74) is 6.95. The van der Waals surface area contributed by atoms with Crippen molar-refractivity contribution in [3.05, 3.63) is 59.7 Å². The summed E-state index contributed by atoms with van der Waals surface area (Å²) in [5, 5.41) is 2.86. The Morgan fingerprint density at radius 3 is 2.53 bits per heavy atom. The van der Waals surface area contributed by atoms with Gasteiger partial charge in [0.2, 0.25) is 0 Å². The Balaban J connectivity index is 2.13. The van der Waals surface area contributed by atoms with Gasteiger partial charge in [0.25, 0.3) is 0 Å². The van der Waals surface area contributed by atoms with Gasteiger partial charge in [-0.3, -0.25) is 0 Å². The fraction of sp³-hybridized carbons (Fsp3) is 0.0769. The molecule has 0 saturated carbocycles. The number of nitrogens with two attached hydrogens (primary N) is 1. The number of rotatable bonds is 3. The van der Waals surface area contributed by atoms with E-state index in [2.05, 4.69) is 5.32 Å². The number of para-hydroxylation sites is 1. The van der Waals surface area contributed by atoms with Crippen molar-refractivity contribution in [2.24, 2.45) is 0 Å². The molecule has 3 N–H and O–H groups in total. The number of hydrogen-bond acceptors (Lipinski definition) is 2. The lowest BCUT2D eigenvalue weighted by Gasteiger charge is -2.10. The molecule has 2 aromatic carbocycles. The summed E-state index contributed by atoms with van der Waals surface area (Å²) in [5.74, 6) is -0.729. The molecule has 88 valence electrons. The summed E-state index contributed by atoms with van der Waals surface area (Å²) in [4.78, 5) is 0. The molecule has 0 aliphatic carbocycles. The molecule has 0 fully saturated rings. The molecule has 0 spiro atoms. The first-order valence-electron chi connectivity index (χ1n) is 5.19. The normalized spacial score (nSPS) is 10.2. The molecule has 4 heteroatoms. The molecule has 0 heterocycles. The lowest BCUT2D eigenvalue weighted by atomic mass is 10.2. The van der Waals surface area contributed by atoms with Crippen LogP contribution in [0.4, 0.5) is 20.2 Å². The highest BCUT2D eigenvalue weighted by Crippen LogP contribution is 2.22. The first kappa shape index (κ1) is 11.4. The van der Waals surface area contributed by atoms with E-state index in [-0.39, 0.29) is 11.5 Å². The Labute approximate surface area is 98.1 Å². The molecule has 0 unspecified atom stereocenters. The van der Waals surface area contributed by atoms with Gasteiger partial charge in [0.15, 0.2) is 0 Å². The zero-order valence-electron chi connectivity index (χ0n) is 9.08. The summed E-state index contributed by atoms with van der Waals surface area (Å²) < 4.78 is 26.3. The molecule has 0 aliphatic rings. The van der Waals surface area contributed by atoms with Gasteiger partial charge in [-0.15, -0.1) is 0 Å². The van der Waals surface area contributed by atoms with Crippen LogP contribution in [0.25, 0.3) is 0 Å². The maximum absolute atomic E-state index is 13.4. The van der Waals surface area contributed by atoms with E-state index in [0.717, 1.165) is 5.56 Å². The molecule has 2 aromatic rings. The standard InChI is InChI=1S/C13H12F2N2/c14-10-4-1-3-9(7-10)8-17-13-11(15)5-2-6-12(13)16/h1-7,17H,8,16H2. The smallest absolute Gasteiger partial charge is 0.148 e. The Kier molecular flexibility index (Phi) is 3.23. The summed E-state index contributed by atoms with van der Waals surface area (Å²) >= 11 is 0. The van der Waals surface area contributed by atoms with Crippen molar-refractivity contribution >= 4 is 11.4 Å². The van der Waals surface area contributed by atoms with E-state index in [0.29, 0.717) is 12.2 Å². The van der Waals surface area contributed by atoms with Crippen molar-refractivity contribution in [1.29, 1.82) is 0 Å². The van der Waals surface area contributed by atoms with Crippen LogP contribution >= 0.6 is 0 Å². The molecule has 0 bridgehead atoms. The molecule has 17 heavy (non-hydrogen) atoms. The van der Waals surface area contributed by atoms with Crippen LogP contribution in [0.5, 0.6) is 0 Å². The second-order valence-electron chi connectivity index (χ2n) is 3.69. The fourth-order valence-electron chi connectivity index (χ4n) is 1.56. The maximum Gasteiger partial charge on any atom is 0.148 e. The second kappa shape index (κ2) is 4.82. The largest absolute Gasteiger partial charge is 0.397 e. The topological polar surface area (TPSA) is 38.0 Å². The average Bonchev–Trinajstić information content (AvgIpc) is 2.28. The minimum atomic E-state index is -0.415. The van der Waals surface area contributed by atoms with E-state index in [9.17, 15) is 8.78 Å². The minimum Gasteiger partial charge on any atom is -0.397 e. The van der Waals surface area contributed by atoms with Gasteiger partial charge in [-0.05, 0) is 29.8 Å². The average molecular weight is 234 g/mol. The quantitative estimate of drug-likeness (QED) is 0.800. The van der Waals surface area contributed by atoms with Gasteiger partial charge in [-0.1, -0.05) is 18.2 Å². The van der Waals surface area contributed by atoms with Crippen LogP contribution in [-0.4, -0.2) is 0 Å². The van der Waals surface area contributed by atoms with Crippen molar-refractivity contribution in [2.75, 3.05) is 11.1 Å². The third-order valence-electron chi connectivity index (χ3n) is 2.40. The number of anilines is 2. The molecule has 0 atom stereocenters. The Hall–Kier alpha value is -2.10. The van der Waals surface area contributed by atoms with Crippen molar-refractivity contribution in [2.45, 2.75) is 6.54 Å². The number of hydrogen-bond donors (Lipinski definition) is 2. The molecule has 0 saturated heterocycles. The Morgan fingerprint density at radius 2 is 1.82 bits per heavy atom. The summed E-state index contributed by atoms with van der Waals surface area (Å²) in [7, 11) is 0. The lowest BCUT2D eigenvalue weighted by Crippen LogP contribution is -2.04. The van der Waals surface area contributed by atoms with Crippen LogP contribution in [0.15, 0.2) is 42.5 Å². The first-order chi connectivity index (χ1) is 8.16. The number of benzene rings is 2. The van der Waals surface area contributed by atoms with Crippen LogP contribution in [0.1, 0.15) is 5.56 Å². The van der Waals surface area contributed by atoms with Gasteiger partial charge in [-0.2, -0.15) is 0 Å². The third kappa shape index (κ3) is 2.72. The van der Waals surface area contributed by atoms with Crippen LogP contribution < -0.4 is 11.1 Å². The van der Waals surface area contributed by atoms with Gasteiger partial charge in [0, 0.05) is 6.54 Å². The fourth-order valence-corrected chi connectivity index (χ4v) is 1.56. The Morgan fingerprint density at radius 1 is 1.06 bits per heavy atom. The third-order valence-corrected chi connectivity index (χ3v) is 2.40. The molecule has 2 nitrogen and oxygen atoms in total. The SMILES string of the molecule is Nc1cccc(F)c1NCc1cccc(F)c1. The highest BCUT2D eigenvalue weighted by molar-refractivity contribution is 5.66. The molecule has 0 aliphatic heterocycles. The van der Waals surface area contributed by atoms with Crippen LogP contribution in [-0.2, 0) is 6.54 Å². The zero-order chi connectivity index (χ0) is 12.3. The summed E-state index contributed by atoms with van der Waals surface area (Å²) in [6.07, 6.45) is 0. The number of nitrogen functional groups attached to an aromatic ring is 1. The van der Waals surface area contributed by atoms with Crippen LogP contribution in [0.3, 0.4) is 0 Å². The van der Waals surface area contributed by atoms with Crippen molar-refractivity contribution in [3.63, 3.8) is 0 Å². The highest BCUT2D eigenvalue weighted by atomic mass is 19.1. The predicted octanol–water partition coefficient (Wildman–Crippen LogP) is 3.16. The minimum absolute atomic E-state index is 0.247. The number of halogens is 2. The van der Waals surface area contributed by atoms with Crippen LogP contribution in [0, 0.1) is 11.6 Å². The lowest BCUT2D eigenvalue weighted by molar-refractivity contribution is 0.625. The van der Waals surface area contributed by atoms with E-state index >= 15 is 0 Å². The van der Waals surface area contributed by atoms with Crippen molar-refractivity contribution in [1.82, 2.24) is 0 Å². The van der Waals surface area contributed by atoms with E-state index in [1.807, 2.05) is 0 Å². The zero-order valence-corrected chi connectivity index (χ0v) is 9.08. The van der Waals surface area contributed by atoms with E-state index in [1.165, 1.54) is 24.3 Å². The van der Waals surface area contributed by atoms with Crippen LogP contribution in [0.2, 0.25) is 0 Å². The van der Waals surface area contributed by atoms with Crippen molar-refractivity contribution < 1.29 is 8.78 Å². The molecule has 0 amide bonds. The van der Waals surface area contributed by atoms with E-state index in [1.54, 1.807) is 18.2 Å². The first-order valence-corrected chi connectivity index (χ1v) is 5.19. The van der Waals surface area contributed by atoms with Gasteiger partial charge in [0.05, 0.1) is 11.4 Å². The molecule has 2 rings (SSSR count). The Bertz CT molecular complexity index is 506. The van der Waals surface area contributed by atoms with Gasteiger partial charge in [-0.25, -0.2) is 8.78 Å². The monoisotopic (exact) mass is 234 g/mol. The summed E-state index contributed by atoms with van der Waals surface area (Å²) in [6.45, 7) is 0.322. The van der Waals surface area contributed by atoms with E-state index < -0.39 is 5.82 Å². The van der Waals surface area contributed by atoms with Crippen molar-refractivity contribution in [3.8, 4) is 0 Å². The number of nitrogens with one attached hydrogen (secondary N) is 1. The molecule has 0 radical (unpaired) electrons. The van der Waals surface area contributed by atoms with Gasteiger partial charge < -0.3 is 11.1 Å².